The molecule has 152 valence electrons. The summed E-state index contributed by atoms with van der Waals surface area (Å²) in [5, 5.41) is 6.73. The van der Waals surface area contributed by atoms with Crippen molar-refractivity contribution in [2.75, 3.05) is 32.7 Å². The minimum Gasteiger partial charge on any atom is -0.360 e. The maximum absolute atomic E-state index is 12.8. The number of hydrogen-bond donors (Lipinski definition) is 1. The van der Waals surface area contributed by atoms with Gasteiger partial charge in [-0.2, -0.15) is 4.31 Å². The molecular formula is C19H26N4O4S. The van der Waals surface area contributed by atoms with Gasteiger partial charge in [-0.25, -0.2) is 8.42 Å². The van der Waals surface area contributed by atoms with Gasteiger partial charge >= 0.3 is 0 Å². The van der Waals surface area contributed by atoms with Crippen LogP contribution in [0.3, 0.4) is 0 Å². The minimum absolute atomic E-state index is 0.0709. The van der Waals surface area contributed by atoms with Crippen molar-refractivity contribution in [3.05, 3.63) is 47.3 Å². The SMILES string of the molecule is Cc1noc(C)c1S(=O)(=O)N1CCN(CC(=O)NC(C)c2ccccc2)CC1. The van der Waals surface area contributed by atoms with Gasteiger partial charge in [0.2, 0.25) is 15.9 Å². The van der Waals surface area contributed by atoms with Crippen LogP contribution in [0.15, 0.2) is 39.8 Å². The molecule has 2 aromatic rings. The predicted octanol–water partition coefficient (Wildman–Crippen LogP) is 1.48. The summed E-state index contributed by atoms with van der Waals surface area (Å²) in [4.78, 5) is 14.5. The Labute approximate surface area is 165 Å². The van der Waals surface area contributed by atoms with Gasteiger partial charge in [0, 0.05) is 26.2 Å². The number of carbonyl (C=O) groups excluding carboxylic acids is 1. The first kappa shape index (κ1) is 20.5. The van der Waals surface area contributed by atoms with E-state index in [9.17, 15) is 13.2 Å². The molecule has 2 heterocycles. The minimum atomic E-state index is -3.64. The molecule has 1 N–H and O–H groups in total. The number of aromatic nitrogens is 1. The Morgan fingerprint density at radius 1 is 1.18 bits per heavy atom. The van der Waals surface area contributed by atoms with Crippen LogP contribution in [0.1, 0.15) is 30.0 Å². The normalized spacial score (nSPS) is 17.4. The highest BCUT2D eigenvalue weighted by atomic mass is 32.2. The molecule has 28 heavy (non-hydrogen) atoms. The molecule has 1 aromatic carbocycles. The number of benzene rings is 1. The lowest BCUT2D eigenvalue weighted by Gasteiger charge is -2.33. The molecule has 1 saturated heterocycles. The first-order valence-electron chi connectivity index (χ1n) is 9.28. The Kier molecular flexibility index (Phi) is 6.17. The molecule has 0 bridgehead atoms. The lowest BCUT2D eigenvalue weighted by atomic mass is 10.1. The molecule has 1 amide bonds. The number of amides is 1. The van der Waals surface area contributed by atoms with E-state index in [0.29, 0.717) is 37.6 Å². The average Bonchev–Trinajstić information content (AvgIpc) is 3.01. The first-order chi connectivity index (χ1) is 13.3. The van der Waals surface area contributed by atoms with Crippen molar-refractivity contribution >= 4 is 15.9 Å². The first-order valence-corrected chi connectivity index (χ1v) is 10.7. The van der Waals surface area contributed by atoms with Gasteiger partial charge in [0.25, 0.3) is 0 Å². The van der Waals surface area contributed by atoms with E-state index < -0.39 is 10.0 Å². The Morgan fingerprint density at radius 2 is 1.82 bits per heavy atom. The number of nitrogens with zero attached hydrogens (tertiary/aromatic N) is 3. The summed E-state index contributed by atoms with van der Waals surface area (Å²) in [6.07, 6.45) is 0. The summed E-state index contributed by atoms with van der Waals surface area (Å²) in [7, 11) is -3.64. The van der Waals surface area contributed by atoms with Gasteiger partial charge in [-0.3, -0.25) is 9.69 Å². The van der Waals surface area contributed by atoms with Crippen LogP contribution in [0, 0.1) is 13.8 Å². The second-order valence-corrected chi connectivity index (χ2v) is 8.91. The van der Waals surface area contributed by atoms with Crippen LogP contribution in [0.2, 0.25) is 0 Å². The standard InChI is InChI=1S/C19H26N4O4S/c1-14(17-7-5-4-6-8-17)20-18(24)13-22-9-11-23(12-10-22)28(25,26)19-15(2)21-27-16(19)3/h4-8,14H,9-13H2,1-3H3,(H,20,24). The Hall–Kier alpha value is -2.23. The topological polar surface area (TPSA) is 95.8 Å². The molecule has 1 aliphatic heterocycles. The molecule has 9 heteroatoms. The zero-order chi connectivity index (χ0) is 20.3. The van der Waals surface area contributed by atoms with E-state index >= 15 is 0 Å². The molecule has 1 unspecified atom stereocenters. The maximum atomic E-state index is 12.8. The summed E-state index contributed by atoms with van der Waals surface area (Å²) in [6.45, 7) is 7.06. The summed E-state index contributed by atoms with van der Waals surface area (Å²) in [5.74, 6) is 0.229. The van der Waals surface area contributed by atoms with E-state index in [1.807, 2.05) is 42.2 Å². The van der Waals surface area contributed by atoms with Crippen LogP contribution in [0.25, 0.3) is 0 Å². The third-order valence-electron chi connectivity index (χ3n) is 4.94. The molecule has 3 rings (SSSR count). The fraction of sp³-hybridized carbons (Fsp3) is 0.474. The number of piperazine rings is 1. The second-order valence-electron chi connectivity index (χ2n) is 7.03. The van der Waals surface area contributed by atoms with Crippen molar-refractivity contribution in [2.24, 2.45) is 0 Å². The summed E-state index contributed by atoms with van der Waals surface area (Å²) >= 11 is 0. The van der Waals surface area contributed by atoms with E-state index in [2.05, 4.69) is 10.5 Å². The Morgan fingerprint density at radius 3 is 2.39 bits per heavy atom. The van der Waals surface area contributed by atoms with Crippen molar-refractivity contribution in [1.82, 2.24) is 19.7 Å². The van der Waals surface area contributed by atoms with Gasteiger partial charge < -0.3 is 9.84 Å². The lowest BCUT2D eigenvalue weighted by molar-refractivity contribution is -0.123. The lowest BCUT2D eigenvalue weighted by Crippen LogP contribution is -2.51. The number of carbonyl (C=O) groups is 1. The van der Waals surface area contributed by atoms with Crippen molar-refractivity contribution in [3.63, 3.8) is 0 Å². The third-order valence-corrected chi connectivity index (χ3v) is 7.09. The molecule has 0 aliphatic carbocycles. The van der Waals surface area contributed by atoms with Crippen molar-refractivity contribution < 1.29 is 17.7 Å². The number of nitrogens with one attached hydrogen (secondary N) is 1. The van der Waals surface area contributed by atoms with Gasteiger partial charge in [-0.1, -0.05) is 35.5 Å². The van der Waals surface area contributed by atoms with Crippen molar-refractivity contribution in [3.8, 4) is 0 Å². The van der Waals surface area contributed by atoms with Crippen LogP contribution in [0.5, 0.6) is 0 Å². The quantitative estimate of drug-likeness (QED) is 0.781. The fourth-order valence-corrected chi connectivity index (χ4v) is 5.13. The zero-order valence-electron chi connectivity index (χ0n) is 16.4. The van der Waals surface area contributed by atoms with Crippen LogP contribution < -0.4 is 5.32 Å². The Balaban J connectivity index is 1.53. The molecule has 8 nitrogen and oxygen atoms in total. The number of hydrogen-bond acceptors (Lipinski definition) is 6. The predicted molar refractivity (Wildman–Crippen MR) is 104 cm³/mol. The third kappa shape index (κ3) is 4.43. The zero-order valence-corrected chi connectivity index (χ0v) is 17.2. The molecule has 0 spiro atoms. The summed E-state index contributed by atoms with van der Waals surface area (Å²) in [6, 6.07) is 9.70. The van der Waals surface area contributed by atoms with Crippen LogP contribution in [-0.4, -0.2) is 61.4 Å². The molecule has 1 aliphatic rings. The van der Waals surface area contributed by atoms with Crippen molar-refractivity contribution in [1.29, 1.82) is 0 Å². The highest BCUT2D eigenvalue weighted by molar-refractivity contribution is 7.89. The van der Waals surface area contributed by atoms with E-state index in [-0.39, 0.29) is 23.4 Å². The van der Waals surface area contributed by atoms with E-state index in [1.54, 1.807) is 13.8 Å². The van der Waals surface area contributed by atoms with Crippen LogP contribution in [0.4, 0.5) is 0 Å². The smallest absolute Gasteiger partial charge is 0.248 e. The number of rotatable bonds is 6. The van der Waals surface area contributed by atoms with Gasteiger partial charge in [-0.05, 0) is 26.3 Å². The number of aryl methyl sites for hydroxylation is 2. The van der Waals surface area contributed by atoms with Gasteiger partial charge in [-0.15, -0.1) is 0 Å². The van der Waals surface area contributed by atoms with Crippen LogP contribution in [-0.2, 0) is 14.8 Å². The van der Waals surface area contributed by atoms with Crippen molar-refractivity contribution in [2.45, 2.75) is 31.7 Å². The molecule has 1 aromatic heterocycles. The van der Waals surface area contributed by atoms with E-state index in [0.717, 1.165) is 5.56 Å². The molecule has 1 atom stereocenters. The Bertz CT molecular complexity index is 899. The highest BCUT2D eigenvalue weighted by Gasteiger charge is 2.33. The van der Waals surface area contributed by atoms with Gasteiger partial charge in [0.05, 0.1) is 12.6 Å². The second kappa shape index (κ2) is 8.42. The molecular weight excluding hydrogens is 380 g/mol. The molecule has 0 radical (unpaired) electrons. The number of sulfonamides is 1. The van der Waals surface area contributed by atoms with E-state index in [4.69, 9.17) is 4.52 Å². The molecule has 1 fully saturated rings. The molecule has 0 saturated carbocycles. The summed E-state index contributed by atoms with van der Waals surface area (Å²) < 4.78 is 32.1. The summed E-state index contributed by atoms with van der Waals surface area (Å²) in [5.41, 5.74) is 1.42. The average molecular weight is 407 g/mol. The van der Waals surface area contributed by atoms with Crippen LogP contribution >= 0.6 is 0 Å². The highest BCUT2D eigenvalue weighted by Crippen LogP contribution is 2.24. The monoisotopic (exact) mass is 406 g/mol. The maximum Gasteiger partial charge on any atom is 0.248 e. The largest absolute Gasteiger partial charge is 0.360 e. The van der Waals surface area contributed by atoms with Gasteiger partial charge in [0.15, 0.2) is 5.76 Å². The van der Waals surface area contributed by atoms with E-state index in [1.165, 1.54) is 4.31 Å². The fourth-order valence-electron chi connectivity index (χ4n) is 3.42. The van der Waals surface area contributed by atoms with Gasteiger partial charge in [0.1, 0.15) is 10.6 Å².